The van der Waals surface area contributed by atoms with Crippen LogP contribution < -0.4 is 0 Å². The third-order valence-corrected chi connectivity index (χ3v) is 3.17. The molecule has 1 N–H and O–H groups in total. The number of rotatable bonds is 1. The summed E-state index contributed by atoms with van der Waals surface area (Å²) in [6, 6.07) is 7.09. The summed E-state index contributed by atoms with van der Waals surface area (Å²) >= 11 is 0. The molecule has 19 heavy (non-hydrogen) atoms. The van der Waals surface area contributed by atoms with E-state index >= 15 is 0 Å². The van der Waals surface area contributed by atoms with Gasteiger partial charge in [-0.3, -0.25) is 9.36 Å². The first kappa shape index (κ1) is 13.3. The fourth-order valence-electron chi connectivity index (χ4n) is 2.23. The molecule has 0 bridgehead atoms. The van der Waals surface area contributed by atoms with Gasteiger partial charge in [0.25, 0.3) is 0 Å². The molecule has 4 heteroatoms. The highest BCUT2D eigenvalue weighted by Crippen LogP contribution is 2.29. The van der Waals surface area contributed by atoms with Crippen molar-refractivity contribution in [2.75, 3.05) is 0 Å². The average Bonchev–Trinajstić information content (AvgIpc) is 2.58. The van der Waals surface area contributed by atoms with Crippen LogP contribution in [0, 0.1) is 12.3 Å². The number of carbonyl (C=O) groups excluding carboxylic acids is 1. The van der Waals surface area contributed by atoms with Gasteiger partial charge in [-0.25, -0.2) is 4.79 Å². The van der Waals surface area contributed by atoms with E-state index < -0.39 is 11.4 Å². The molecule has 2 rings (SSSR count). The highest BCUT2D eigenvalue weighted by atomic mass is 16.4. The SMILES string of the molecule is Cc1c(C(=O)O)c2ccccc2n1C(=O)C(C)(C)C. The zero-order valence-corrected chi connectivity index (χ0v) is 11.5. The molecule has 0 atom stereocenters. The predicted molar refractivity (Wildman–Crippen MR) is 73.7 cm³/mol. The van der Waals surface area contributed by atoms with Crippen molar-refractivity contribution in [3.05, 3.63) is 35.5 Å². The van der Waals surface area contributed by atoms with Gasteiger partial charge in [0.05, 0.1) is 11.1 Å². The molecular formula is C15H17NO3. The van der Waals surface area contributed by atoms with Gasteiger partial charge in [0.2, 0.25) is 5.91 Å². The quantitative estimate of drug-likeness (QED) is 0.854. The van der Waals surface area contributed by atoms with Gasteiger partial charge >= 0.3 is 5.97 Å². The van der Waals surface area contributed by atoms with Crippen molar-refractivity contribution in [3.63, 3.8) is 0 Å². The molecule has 0 saturated carbocycles. The van der Waals surface area contributed by atoms with Crippen molar-refractivity contribution in [3.8, 4) is 0 Å². The zero-order chi connectivity index (χ0) is 14.4. The van der Waals surface area contributed by atoms with Crippen LogP contribution >= 0.6 is 0 Å². The maximum atomic E-state index is 12.5. The van der Waals surface area contributed by atoms with Crippen LogP contribution in [-0.2, 0) is 0 Å². The molecule has 2 aromatic rings. The van der Waals surface area contributed by atoms with Gasteiger partial charge in [-0.2, -0.15) is 0 Å². The second-order valence-electron chi connectivity index (χ2n) is 5.67. The van der Waals surface area contributed by atoms with E-state index in [1.807, 2.05) is 20.8 Å². The molecule has 0 saturated heterocycles. The summed E-state index contributed by atoms with van der Waals surface area (Å²) in [5.74, 6) is -1.11. The Morgan fingerprint density at radius 3 is 2.26 bits per heavy atom. The molecule has 0 aliphatic carbocycles. The zero-order valence-electron chi connectivity index (χ0n) is 11.5. The lowest BCUT2D eigenvalue weighted by Gasteiger charge is -2.19. The molecule has 0 aliphatic rings. The van der Waals surface area contributed by atoms with Crippen LogP contribution in [-0.4, -0.2) is 21.6 Å². The lowest BCUT2D eigenvalue weighted by Crippen LogP contribution is -2.27. The van der Waals surface area contributed by atoms with Gasteiger partial charge in [-0.05, 0) is 13.0 Å². The maximum absolute atomic E-state index is 12.5. The van der Waals surface area contributed by atoms with Crippen molar-refractivity contribution in [1.29, 1.82) is 0 Å². The number of para-hydroxylation sites is 1. The Balaban J connectivity index is 2.86. The van der Waals surface area contributed by atoms with Gasteiger partial charge < -0.3 is 5.11 Å². The van der Waals surface area contributed by atoms with Gasteiger partial charge in [0.1, 0.15) is 0 Å². The molecule has 1 heterocycles. The van der Waals surface area contributed by atoms with Crippen molar-refractivity contribution in [1.82, 2.24) is 4.57 Å². The van der Waals surface area contributed by atoms with Gasteiger partial charge in [-0.15, -0.1) is 0 Å². The summed E-state index contributed by atoms with van der Waals surface area (Å²) in [6.45, 7) is 7.14. The summed E-state index contributed by atoms with van der Waals surface area (Å²) in [5.41, 5.74) is 0.765. The first-order valence-corrected chi connectivity index (χ1v) is 6.13. The molecule has 1 aromatic carbocycles. The summed E-state index contributed by atoms with van der Waals surface area (Å²) in [5, 5.41) is 9.94. The van der Waals surface area contributed by atoms with Crippen LogP contribution in [0.4, 0.5) is 0 Å². The van der Waals surface area contributed by atoms with Crippen molar-refractivity contribution in [2.24, 2.45) is 5.41 Å². The molecule has 0 aliphatic heterocycles. The largest absolute Gasteiger partial charge is 0.478 e. The van der Waals surface area contributed by atoms with E-state index in [2.05, 4.69) is 0 Å². The first-order valence-electron chi connectivity index (χ1n) is 6.13. The maximum Gasteiger partial charge on any atom is 0.338 e. The normalized spacial score (nSPS) is 11.8. The number of carboxylic acid groups (broad SMARTS) is 1. The Labute approximate surface area is 111 Å². The molecule has 4 nitrogen and oxygen atoms in total. The number of aromatic carboxylic acids is 1. The molecular weight excluding hydrogens is 242 g/mol. The number of nitrogens with zero attached hydrogens (tertiary/aromatic N) is 1. The number of carboxylic acids is 1. The molecule has 0 spiro atoms. The minimum Gasteiger partial charge on any atom is -0.478 e. The number of hydrogen-bond donors (Lipinski definition) is 1. The van der Waals surface area contributed by atoms with E-state index in [9.17, 15) is 14.7 Å². The van der Waals surface area contributed by atoms with Crippen LogP contribution in [0.2, 0.25) is 0 Å². The Bertz CT molecular complexity index is 674. The lowest BCUT2D eigenvalue weighted by molar-refractivity contribution is 0.0698. The number of carbonyl (C=O) groups is 2. The van der Waals surface area contributed by atoms with E-state index in [0.29, 0.717) is 16.6 Å². The third kappa shape index (κ3) is 2.03. The molecule has 0 unspecified atom stereocenters. The molecule has 100 valence electrons. The molecule has 0 fully saturated rings. The molecule has 0 amide bonds. The monoisotopic (exact) mass is 259 g/mol. The van der Waals surface area contributed by atoms with E-state index in [-0.39, 0.29) is 11.5 Å². The number of aromatic nitrogens is 1. The summed E-state index contributed by atoms with van der Waals surface area (Å²) < 4.78 is 1.51. The standard InChI is InChI=1S/C15H17NO3/c1-9-12(13(17)18)10-7-5-6-8-11(10)16(9)14(19)15(2,3)4/h5-8H,1-4H3,(H,17,18). The minimum atomic E-state index is -1.01. The third-order valence-electron chi connectivity index (χ3n) is 3.17. The van der Waals surface area contributed by atoms with E-state index in [0.717, 1.165) is 0 Å². The second kappa shape index (κ2) is 4.23. The van der Waals surface area contributed by atoms with Gasteiger partial charge in [0.15, 0.2) is 0 Å². The van der Waals surface area contributed by atoms with Crippen LogP contribution in [0.5, 0.6) is 0 Å². The van der Waals surface area contributed by atoms with Crippen LogP contribution in [0.25, 0.3) is 10.9 Å². The highest BCUT2D eigenvalue weighted by Gasteiger charge is 2.29. The number of benzene rings is 1. The van der Waals surface area contributed by atoms with Gasteiger partial charge in [0, 0.05) is 16.5 Å². The number of fused-ring (bicyclic) bond motifs is 1. The number of hydrogen-bond acceptors (Lipinski definition) is 2. The fraction of sp³-hybridized carbons (Fsp3) is 0.333. The Morgan fingerprint density at radius 1 is 1.16 bits per heavy atom. The summed E-state index contributed by atoms with van der Waals surface area (Å²) in [4.78, 5) is 23.9. The average molecular weight is 259 g/mol. The minimum absolute atomic E-state index is 0.103. The Hall–Kier alpha value is -2.10. The Morgan fingerprint density at radius 2 is 1.74 bits per heavy atom. The van der Waals surface area contributed by atoms with E-state index in [4.69, 9.17) is 0 Å². The lowest BCUT2D eigenvalue weighted by atomic mass is 9.95. The van der Waals surface area contributed by atoms with E-state index in [1.165, 1.54) is 4.57 Å². The van der Waals surface area contributed by atoms with Crippen molar-refractivity contribution < 1.29 is 14.7 Å². The fourth-order valence-corrected chi connectivity index (χ4v) is 2.23. The van der Waals surface area contributed by atoms with E-state index in [1.54, 1.807) is 31.2 Å². The molecule has 0 radical (unpaired) electrons. The topological polar surface area (TPSA) is 59.3 Å². The summed E-state index contributed by atoms with van der Waals surface area (Å²) in [6.07, 6.45) is 0. The van der Waals surface area contributed by atoms with Gasteiger partial charge in [-0.1, -0.05) is 39.0 Å². The van der Waals surface area contributed by atoms with Crippen molar-refractivity contribution in [2.45, 2.75) is 27.7 Å². The smallest absolute Gasteiger partial charge is 0.338 e. The predicted octanol–water partition coefficient (Wildman–Crippen LogP) is 3.33. The van der Waals surface area contributed by atoms with Crippen molar-refractivity contribution >= 4 is 22.8 Å². The van der Waals surface area contributed by atoms with Crippen LogP contribution in [0.3, 0.4) is 0 Å². The highest BCUT2D eigenvalue weighted by molar-refractivity contribution is 6.08. The van der Waals surface area contributed by atoms with Crippen LogP contribution in [0.1, 0.15) is 41.6 Å². The summed E-state index contributed by atoms with van der Waals surface area (Å²) in [7, 11) is 0. The Kier molecular flexibility index (Phi) is 2.97. The first-order chi connectivity index (χ1) is 8.75. The molecule has 1 aromatic heterocycles. The van der Waals surface area contributed by atoms with Crippen LogP contribution in [0.15, 0.2) is 24.3 Å². The second-order valence-corrected chi connectivity index (χ2v) is 5.67.